The van der Waals surface area contributed by atoms with Crippen LogP contribution in [0.1, 0.15) is 32.1 Å². The monoisotopic (exact) mass is 395 g/mol. The molecular weight excluding hydrogens is 362 g/mol. The average Bonchev–Trinajstić information content (AvgIpc) is 2.69. The lowest BCUT2D eigenvalue weighted by Gasteiger charge is -2.40. The van der Waals surface area contributed by atoms with Crippen LogP contribution in [-0.2, 0) is 14.4 Å². The SMILES string of the molecule is C=CCN(CC=C)C(=O)CN1CCC(N2CCCCC2)CC1.O=C(O)C(=O)O. The van der Waals surface area contributed by atoms with Crippen molar-refractivity contribution in [2.24, 2.45) is 0 Å². The molecule has 8 nitrogen and oxygen atoms in total. The van der Waals surface area contributed by atoms with Crippen LogP contribution in [0.15, 0.2) is 25.3 Å². The number of aliphatic carboxylic acids is 2. The van der Waals surface area contributed by atoms with E-state index in [0.29, 0.717) is 19.6 Å². The highest BCUT2D eigenvalue weighted by Gasteiger charge is 2.26. The van der Waals surface area contributed by atoms with Gasteiger partial charge < -0.3 is 20.0 Å². The van der Waals surface area contributed by atoms with E-state index in [1.54, 1.807) is 12.2 Å². The largest absolute Gasteiger partial charge is 0.473 e. The summed E-state index contributed by atoms with van der Waals surface area (Å²) in [6.45, 7) is 13.8. The molecule has 0 spiro atoms. The van der Waals surface area contributed by atoms with Gasteiger partial charge >= 0.3 is 11.9 Å². The number of nitrogens with zero attached hydrogens (tertiary/aromatic N) is 3. The zero-order valence-electron chi connectivity index (χ0n) is 16.6. The van der Waals surface area contributed by atoms with Gasteiger partial charge in [0.1, 0.15) is 0 Å². The molecule has 2 fully saturated rings. The molecule has 2 N–H and O–H groups in total. The Labute approximate surface area is 167 Å². The number of likely N-dealkylation sites (tertiary alicyclic amines) is 2. The summed E-state index contributed by atoms with van der Waals surface area (Å²) in [5.41, 5.74) is 0. The molecule has 0 bridgehead atoms. The Morgan fingerprint density at radius 1 is 0.893 bits per heavy atom. The minimum atomic E-state index is -1.82. The van der Waals surface area contributed by atoms with Gasteiger partial charge in [0.25, 0.3) is 0 Å². The molecule has 2 aliphatic rings. The normalized spacial score (nSPS) is 18.4. The van der Waals surface area contributed by atoms with Gasteiger partial charge in [-0.05, 0) is 38.8 Å². The third-order valence-electron chi connectivity index (χ3n) is 5.06. The van der Waals surface area contributed by atoms with Crippen LogP contribution in [0, 0.1) is 0 Å². The van der Waals surface area contributed by atoms with E-state index in [4.69, 9.17) is 19.8 Å². The molecular formula is C20H33N3O5. The van der Waals surface area contributed by atoms with E-state index in [1.165, 1.54) is 45.2 Å². The van der Waals surface area contributed by atoms with Crippen molar-refractivity contribution in [2.75, 3.05) is 45.8 Å². The van der Waals surface area contributed by atoms with Crippen molar-refractivity contribution in [3.63, 3.8) is 0 Å². The fourth-order valence-corrected chi connectivity index (χ4v) is 3.61. The second-order valence-corrected chi connectivity index (χ2v) is 7.09. The van der Waals surface area contributed by atoms with Crippen LogP contribution in [-0.4, -0.2) is 94.6 Å². The predicted octanol–water partition coefficient (Wildman–Crippen LogP) is 1.29. The number of hydrogen-bond acceptors (Lipinski definition) is 5. The third kappa shape index (κ3) is 8.67. The Hall–Kier alpha value is -2.19. The van der Waals surface area contributed by atoms with Gasteiger partial charge in [0.05, 0.1) is 6.54 Å². The highest BCUT2D eigenvalue weighted by Crippen LogP contribution is 2.20. The van der Waals surface area contributed by atoms with Crippen molar-refractivity contribution in [1.29, 1.82) is 0 Å². The molecule has 2 heterocycles. The van der Waals surface area contributed by atoms with Crippen LogP contribution in [0.2, 0.25) is 0 Å². The minimum absolute atomic E-state index is 0.191. The molecule has 1 amide bonds. The Balaban J connectivity index is 0.000000568. The van der Waals surface area contributed by atoms with E-state index in [9.17, 15) is 4.79 Å². The molecule has 0 aliphatic carbocycles. The highest BCUT2D eigenvalue weighted by molar-refractivity contribution is 6.27. The van der Waals surface area contributed by atoms with E-state index < -0.39 is 11.9 Å². The van der Waals surface area contributed by atoms with Crippen LogP contribution in [0.3, 0.4) is 0 Å². The van der Waals surface area contributed by atoms with Crippen molar-refractivity contribution in [3.8, 4) is 0 Å². The van der Waals surface area contributed by atoms with Crippen molar-refractivity contribution >= 4 is 17.8 Å². The lowest BCUT2D eigenvalue weighted by Crippen LogP contribution is -2.49. The maximum Gasteiger partial charge on any atom is 0.414 e. The number of carbonyl (C=O) groups is 3. The second kappa shape index (κ2) is 13.1. The summed E-state index contributed by atoms with van der Waals surface area (Å²) >= 11 is 0. The smallest absolute Gasteiger partial charge is 0.414 e. The second-order valence-electron chi connectivity index (χ2n) is 7.09. The minimum Gasteiger partial charge on any atom is -0.473 e. The molecule has 0 aromatic carbocycles. The first-order valence-electron chi connectivity index (χ1n) is 9.81. The van der Waals surface area contributed by atoms with E-state index in [0.717, 1.165) is 19.1 Å². The first-order chi connectivity index (χ1) is 13.4. The maximum absolute atomic E-state index is 12.4. The van der Waals surface area contributed by atoms with Gasteiger partial charge in [-0.2, -0.15) is 0 Å². The first-order valence-corrected chi connectivity index (χ1v) is 9.81. The predicted molar refractivity (Wildman–Crippen MR) is 107 cm³/mol. The van der Waals surface area contributed by atoms with Crippen molar-refractivity contribution < 1.29 is 24.6 Å². The number of piperidine rings is 2. The number of carboxylic acids is 2. The maximum atomic E-state index is 12.4. The number of rotatable bonds is 7. The molecule has 2 saturated heterocycles. The van der Waals surface area contributed by atoms with Gasteiger partial charge in [-0.1, -0.05) is 18.6 Å². The van der Waals surface area contributed by atoms with Crippen molar-refractivity contribution in [1.82, 2.24) is 14.7 Å². The van der Waals surface area contributed by atoms with E-state index in [1.807, 2.05) is 4.90 Å². The Morgan fingerprint density at radius 2 is 1.39 bits per heavy atom. The summed E-state index contributed by atoms with van der Waals surface area (Å²) in [4.78, 5) is 37.3. The average molecular weight is 396 g/mol. The molecule has 2 rings (SSSR count). The van der Waals surface area contributed by atoms with Gasteiger partial charge in [-0.25, -0.2) is 9.59 Å². The van der Waals surface area contributed by atoms with E-state index in [2.05, 4.69) is 23.0 Å². The van der Waals surface area contributed by atoms with Gasteiger partial charge in [0.15, 0.2) is 0 Å². The molecule has 8 heteroatoms. The van der Waals surface area contributed by atoms with Gasteiger partial charge in [0, 0.05) is 32.2 Å². The molecule has 28 heavy (non-hydrogen) atoms. The summed E-state index contributed by atoms with van der Waals surface area (Å²) in [6.07, 6.45) is 10.1. The van der Waals surface area contributed by atoms with Crippen LogP contribution in [0.4, 0.5) is 0 Å². The summed E-state index contributed by atoms with van der Waals surface area (Å²) in [5.74, 6) is -3.46. The number of carboxylic acid groups (broad SMARTS) is 2. The zero-order valence-corrected chi connectivity index (χ0v) is 16.6. The van der Waals surface area contributed by atoms with E-state index in [-0.39, 0.29) is 5.91 Å². The van der Waals surface area contributed by atoms with Crippen molar-refractivity contribution in [3.05, 3.63) is 25.3 Å². The van der Waals surface area contributed by atoms with E-state index >= 15 is 0 Å². The highest BCUT2D eigenvalue weighted by atomic mass is 16.4. The van der Waals surface area contributed by atoms with Gasteiger partial charge in [-0.3, -0.25) is 9.69 Å². The topological polar surface area (TPSA) is 101 Å². The fraction of sp³-hybridized carbons (Fsp3) is 0.650. The van der Waals surface area contributed by atoms with Crippen LogP contribution >= 0.6 is 0 Å². The Bertz CT molecular complexity index is 516. The summed E-state index contributed by atoms with van der Waals surface area (Å²) < 4.78 is 0. The summed E-state index contributed by atoms with van der Waals surface area (Å²) in [6, 6.07) is 0.740. The number of amides is 1. The first kappa shape index (κ1) is 23.8. The van der Waals surface area contributed by atoms with Crippen LogP contribution in [0.5, 0.6) is 0 Å². The van der Waals surface area contributed by atoms with Crippen molar-refractivity contribution in [2.45, 2.75) is 38.1 Å². The Kier molecular flexibility index (Phi) is 11.1. The third-order valence-corrected chi connectivity index (χ3v) is 5.06. The molecule has 0 unspecified atom stereocenters. The molecule has 2 aliphatic heterocycles. The zero-order chi connectivity index (χ0) is 20.9. The Morgan fingerprint density at radius 3 is 1.82 bits per heavy atom. The van der Waals surface area contributed by atoms with Gasteiger partial charge in [0.2, 0.25) is 5.91 Å². The number of hydrogen-bond donors (Lipinski definition) is 2. The van der Waals surface area contributed by atoms with Crippen LogP contribution in [0.25, 0.3) is 0 Å². The molecule has 0 radical (unpaired) electrons. The molecule has 0 aromatic heterocycles. The molecule has 0 saturated carbocycles. The lowest BCUT2D eigenvalue weighted by atomic mass is 10.00. The fourth-order valence-electron chi connectivity index (χ4n) is 3.61. The molecule has 158 valence electrons. The summed E-state index contributed by atoms with van der Waals surface area (Å²) in [7, 11) is 0. The molecule has 0 atom stereocenters. The van der Waals surface area contributed by atoms with Crippen LogP contribution < -0.4 is 0 Å². The van der Waals surface area contributed by atoms with Gasteiger partial charge in [-0.15, -0.1) is 13.2 Å². The quantitative estimate of drug-likeness (QED) is 0.495. The lowest BCUT2D eigenvalue weighted by molar-refractivity contribution is -0.159. The standard InChI is InChI=1S/C18H31N3O.C2H2O4/c1-3-10-21(11-4-2)18(22)16-19-14-8-17(9-15-19)20-12-6-5-7-13-20;3-1(4)2(5)6/h3-4,17H,1-2,5-16H2;(H,3,4)(H,5,6). The summed E-state index contributed by atoms with van der Waals surface area (Å²) in [5, 5.41) is 14.8. The number of carbonyl (C=O) groups excluding carboxylic acids is 1. The molecule has 0 aromatic rings.